The summed E-state index contributed by atoms with van der Waals surface area (Å²) in [4.78, 5) is 25.5. The van der Waals surface area contributed by atoms with Gasteiger partial charge in [-0.05, 0) is 22.8 Å². The fourth-order valence-electron chi connectivity index (χ4n) is 5.27. The SMILES string of the molecule is O=C1C([C@@H](CC(/C=C/c2ccccc2)=[N+]2CCC[C@H]2C(=O)O)c2ccccc2)=C([O-])c2ccccc21. The van der Waals surface area contributed by atoms with Gasteiger partial charge in [-0.3, -0.25) is 4.79 Å². The maximum Gasteiger partial charge on any atom is 0.372 e. The minimum atomic E-state index is -0.859. The van der Waals surface area contributed by atoms with Crippen LogP contribution in [0.2, 0.25) is 0 Å². The summed E-state index contributed by atoms with van der Waals surface area (Å²) in [6, 6.07) is 25.7. The fourth-order valence-corrected chi connectivity index (χ4v) is 5.27. The second-order valence-electron chi connectivity index (χ2n) is 9.21. The highest BCUT2D eigenvalue weighted by atomic mass is 16.4. The lowest BCUT2D eigenvalue weighted by Crippen LogP contribution is -2.33. The molecule has 0 amide bonds. The molecule has 0 aromatic heterocycles. The van der Waals surface area contributed by atoms with Crippen molar-refractivity contribution in [2.45, 2.75) is 31.2 Å². The number of ketones is 1. The molecule has 1 heterocycles. The molecule has 2 atom stereocenters. The second-order valence-corrected chi connectivity index (χ2v) is 9.21. The van der Waals surface area contributed by atoms with Crippen molar-refractivity contribution >= 4 is 29.3 Å². The molecule has 5 rings (SSSR count). The first-order valence-corrected chi connectivity index (χ1v) is 12.2. The van der Waals surface area contributed by atoms with Gasteiger partial charge in [0.05, 0.1) is 0 Å². The summed E-state index contributed by atoms with van der Waals surface area (Å²) >= 11 is 0. The van der Waals surface area contributed by atoms with Crippen LogP contribution in [-0.4, -0.2) is 39.7 Å². The molecule has 1 aliphatic carbocycles. The van der Waals surface area contributed by atoms with Gasteiger partial charge in [0, 0.05) is 42.4 Å². The minimum Gasteiger partial charge on any atom is -0.872 e. The summed E-state index contributed by atoms with van der Waals surface area (Å²) in [5.74, 6) is -1.84. The molecule has 3 aromatic carbocycles. The lowest BCUT2D eigenvalue weighted by Gasteiger charge is -2.22. The third-order valence-electron chi connectivity index (χ3n) is 7.04. The zero-order valence-electron chi connectivity index (χ0n) is 19.8. The normalized spacial score (nSPS) is 19.6. The average Bonchev–Trinajstić information content (AvgIpc) is 3.50. The van der Waals surface area contributed by atoms with Gasteiger partial charge in [-0.25, -0.2) is 9.37 Å². The monoisotopic (exact) mass is 477 g/mol. The Kier molecular flexibility index (Phi) is 6.63. The van der Waals surface area contributed by atoms with Crippen molar-refractivity contribution in [3.8, 4) is 0 Å². The highest BCUT2D eigenvalue weighted by molar-refractivity contribution is 6.20. The molecule has 5 nitrogen and oxygen atoms in total. The lowest BCUT2D eigenvalue weighted by molar-refractivity contribution is -0.533. The summed E-state index contributed by atoms with van der Waals surface area (Å²) in [6.07, 6.45) is 5.60. The number of aliphatic carboxylic acids is 1. The number of allylic oxidation sites excluding steroid dienone is 2. The van der Waals surface area contributed by atoms with Crippen LogP contribution in [0.1, 0.15) is 52.2 Å². The van der Waals surface area contributed by atoms with Crippen LogP contribution >= 0.6 is 0 Å². The topological polar surface area (TPSA) is 80.4 Å². The third kappa shape index (κ3) is 4.52. The minimum absolute atomic E-state index is 0.243. The van der Waals surface area contributed by atoms with E-state index in [-0.39, 0.29) is 17.1 Å². The molecule has 3 aromatic rings. The van der Waals surface area contributed by atoms with E-state index in [2.05, 4.69) is 0 Å². The number of carboxylic acid groups (broad SMARTS) is 1. The van der Waals surface area contributed by atoms with Crippen LogP contribution < -0.4 is 5.11 Å². The zero-order valence-corrected chi connectivity index (χ0v) is 19.8. The first-order valence-electron chi connectivity index (χ1n) is 12.2. The van der Waals surface area contributed by atoms with E-state index >= 15 is 0 Å². The molecule has 2 aliphatic rings. The van der Waals surface area contributed by atoms with Crippen LogP contribution in [0.5, 0.6) is 0 Å². The third-order valence-corrected chi connectivity index (χ3v) is 7.04. The van der Waals surface area contributed by atoms with Crippen LogP contribution in [0.3, 0.4) is 0 Å². The van der Waals surface area contributed by atoms with Crippen molar-refractivity contribution in [3.05, 3.63) is 119 Å². The van der Waals surface area contributed by atoms with E-state index in [1.807, 2.05) is 77.4 Å². The Balaban J connectivity index is 1.63. The van der Waals surface area contributed by atoms with Crippen LogP contribution in [0.4, 0.5) is 0 Å². The number of Topliss-reactive ketones (excluding diaryl/α,β-unsaturated/α-hetero) is 1. The standard InChI is InChI=1S/C31H27NO4/c33-29-24-14-7-8-15-25(24)30(34)28(29)26(22-12-5-2-6-13-22)20-23(18-17-21-10-3-1-4-11-21)32-19-9-16-27(32)31(35)36/h1-8,10-15,17-18,26-27H,9,16,19-20H2,(H-,33,34,35,36)/b18-17+,32-23?/t26-,27-/m0/s1. The molecule has 0 saturated carbocycles. The maximum atomic E-state index is 13.5. The van der Waals surface area contributed by atoms with Crippen molar-refractivity contribution in [1.29, 1.82) is 0 Å². The molecule has 0 bridgehead atoms. The summed E-state index contributed by atoms with van der Waals surface area (Å²) < 4.78 is 1.93. The highest BCUT2D eigenvalue weighted by Gasteiger charge is 2.39. The van der Waals surface area contributed by atoms with E-state index < -0.39 is 17.9 Å². The summed E-state index contributed by atoms with van der Waals surface area (Å²) in [7, 11) is 0. The fraction of sp³-hybridized carbons (Fsp3) is 0.194. The number of carbonyl (C=O) groups is 2. The van der Waals surface area contributed by atoms with Crippen LogP contribution in [0, 0.1) is 0 Å². The summed E-state index contributed by atoms with van der Waals surface area (Å²) in [5, 5.41) is 23.4. The number of rotatable bonds is 7. The van der Waals surface area contributed by atoms with Gasteiger partial charge >= 0.3 is 5.97 Å². The van der Waals surface area contributed by atoms with E-state index in [4.69, 9.17) is 0 Å². The zero-order chi connectivity index (χ0) is 25.1. The first kappa shape index (κ1) is 23.5. The average molecular weight is 478 g/mol. The van der Waals surface area contributed by atoms with Gasteiger partial charge in [0.1, 0.15) is 6.54 Å². The number of hydrogen-bond donors (Lipinski definition) is 1. The first-order chi connectivity index (χ1) is 17.5. The molecule has 0 spiro atoms. The highest BCUT2D eigenvalue weighted by Crippen LogP contribution is 2.40. The van der Waals surface area contributed by atoms with E-state index in [1.54, 1.807) is 24.3 Å². The van der Waals surface area contributed by atoms with Crippen molar-refractivity contribution in [1.82, 2.24) is 0 Å². The molecular weight excluding hydrogens is 450 g/mol. The number of benzene rings is 3. The Morgan fingerprint density at radius 3 is 2.28 bits per heavy atom. The molecule has 0 radical (unpaired) electrons. The van der Waals surface area contributed by atoms with Crippen molar-refractivity contribution in [2.24, 2.45) is 0 Å². The lowest BCUT2D eigenvalue weighted by atomic mass is 9.84. The van der Waals surface area contributed by atoms with Gasteiger partial charge < -0.3 is 10.2 Å². The van der Waals surface area contributed by atoms with Gasteiger partial charge in [0.25, 0.3) is 0 Å². The van der Waals surface area contributed by atoms with Crippen molar-refractivity contribution in [3.63, 3.8) is 0 Å². The predicted molar refractivity (Wildman–Crippen MR) is 138 cm³/mol. The van der Waals surface area contributed by atoms with Crippen LogP contribution in [-0.2, 0) is 4.79 Å². The molecular formula is C31H27NO4. The Bertz CT molecular complexity index is 1390. The van der Waals surface area contributed by atoms with E-state index in [0.29, 0.717) is 30.5 Å². The van der Waals surface area contributed by atoms with Crippen molar-refractivity contribution in [2.75, 3.05) is 6.54 Å². The largest absolute Gasteiger partial charge is 0.872 e. The number of fused-ring (bicyclic) bond motifs is 1. The van der Waals surface area contributed by atoms with E-state index in [9.17, 15) is 19.8 Å². The molecule has 5 heteroatoms. The molecule has 1 fully saturated rings. The molecule has 1 aliphatic heterocycles. The quantitative estimate of drug-likeness (QED) is 0.507. The molecule has 0 unspecified atom stereocenters. The number of hydrogen-bond acceptors (Lipinski definition) is 3. The second kappa shape index (κ2) is 10.2. The van der Waals surface area contributed by atoms with Gasteiger partial charge in [0.2, 0.25) is 6.04 Å². The number of carbonyl (C=O) groups excluding carboxylic acids is 1. The van der Waals surface area contributed by atoms with Crippen LogP contribution in [0.25, 0.3) is 11.8 Å². The summed E-state index contributed by atoms with van der Waals surface area (Å²) in [5.41, 5.74) is 3.78. The Labute approximate surface area is 210 Å². The van der Waals surface area contributed by atoms with Crippen molar-refractivity contribution < 1.29 is 24.4 Å². The molecule has 1 saturated heterocycles. The van der Waals surface area contributed by atoms with Gasteiger partial charge in [-0.2, -0.15) is 0 Å². The van der Waals surface area contributed by atoms with E-state index in [1.165, 1.54) is 0 Å². The van der Waals surface area contributed by atoms with Gasteiger partial charge in [0.15, 0.2) is 11.5 Å². The Morgan fingerprint density at radius 1 is 0.972 bits per heavy atom. The number of carboxylic acids is 1. The maximum absolute atomic E-state index is 13.5. The summed E-state index contributed by atoms with van der Waals surface area (Å²) in [6.45, 7) is 0.615. The Morgan fingerprint density at radius 2 is 1.61 bits per heavy atom. The predicted octanol–water partition coefficient (Wildman–Crippen LogP) is 4.54. The number of nitrogens with zero attached hydrogens (tertiary/aromatic N) is 1. The smallest absolute Gasteiger partial charge is 0.372 e. The molecule has 180 valence electrons. The van der Waals surface area contributed by atoms with Gasteiger partial charge in [-0.1, -0.05) is 90.7 Å². The van der Waals surface area contributed by atoms with E-state index in [0.717, 1.165) is 23.3 Å². The van der Waals surface area contributed by atoms with Crippen LogP contribution in [0.15, 0.2) is 96.6 Å². The molecule has 36 heavy (non-hydrogen) atoms. The Hall–Kier alpha value is -4.25. The molecule has 1 N–H and O–H groups in total. The van der Waals surface area contributed by atoms with Gasteiger partial charge in [-0.15, -0.1) is 0 Å².